The van der Waals surface area contributed by atoms with Gasteiger partial charge in [0.25, 0.3) is 0 Å². The van der Waals surface area contributed by atoms with E-state index in [1.165, 1.54) is 6.92 Å². The Morgan fingerprint density at radius 2 is 1.33 bits per heavy atom. The fourth-order valence-corrected chi connectivity index (χ4v) is 2.91. The highest BCUT2D eigenvalue weighted by Gasteiger charge is 2.37. The number of ether oxygens (including phenoxy) is 1. The van der Waals surface area contributed by atoms with E-state index < -0.39 is 62.4 Å². The van der Waals surface area contributed by atoms with Crippen LogP contribution in [-0.2, 0) is 0 Å². The molecule has 140 valence electrons. The van der Waals surface area contributed by atoms with Gasteiger partial charge in [0.2, 0.25) is 5.75 Å². The van der Waals surface area contributed by atoms with Crippen molar-refractivity contribution in [2.45, 2.75) is 6.92 Å². The van der Waals surface area contributed by atoms with Crippen molar-refractivity contribution in [1.29, 1.82) is 0 Å². The summed E-state index contributed by atoms with van der Waals surface area (Å²) in [5, 5.41) is 65.0. The van der Waals surface area contributed by atoms with Gasteiger partial charge in [-0.2, -0.15) is 0 Å². The highest BCUT2D eigenvalue weighted by atomic mass is 16.5. The van der Waals surface area contributed by atoms with Crippen molar-refractivity contribution in [2.24, 2.45) is 0 Å². The second kappa shape index (κ2) is 5.76. The molecule has 1 aromatic heterocycles. The molecule has 0 aliphatic heterocycles. The molecule has 0 saturated heterocycles. The third kappa shape index (κ3) is 2.28. The molecule has 0 spiro atoms. The number of aromatic hydroxyl groups is 2. The summed E-state index contributed by atoms with van der Waals surface area (Å²) in [6.07, 6.45) is 0. The van der Waals surface area contributed by atoms with Gasteiger partial charge in [0.05, 0.1) is 7.11 Å². The van der Waals surface area contributed by atoms with Crippen molar-refractivity contribution >= 4 is 34.0 Å². The number of aromatic carboxylic acids is 2. The molecule has 0 radical (unpaired) electrons. The second-order valence-electron chi connectivity index (χ2n) is 5.66. The second-order valence-corrected chi connectivity index (χ2v) is 5.66. The van der Waals surface area contributed by atoms with Crippen LogP contribution in [0.3, 0.4) is 0 Å². The number of benzene rings is 2. The molecule has 27 heavy (non-hydrogen) atoms. The SMILES string of the molecule is COc1cc(C(=O)O)c2c(c1O)[n+]([O-])c1c(C(=O)O)cc(C)c(O)c1[n+]2[O-]. The Morgan fingerprint density at radius 3 is 1.78 bits per heavy atom. The third-order valence-corrected chi connectivity index (χ3v) is 4.14. The van der Waals surface area contributed by atoms with Gasteiger partial charge < -0.3 is 35.6 Å². The Kier molecular flexibility index (Phi) is 3.80. The van der Waals surface area contributed by atoms with Crippen molar-refractivity contribution in [2.75, 3.05) is 7.11 Å². The van der Waals surface area contributed by atoms with Crippen molar-refractivity contribution in [1.82, 2.24) is 0 Å². The first-order valence-electron chi connectivity index (χ1n) is 7.33. The Bertz CT molecular complexity index is 1170. The Balaban J connectivity index is 2.79. The number of aryl methyl sites for hydroxylation is 1. The molecule has 11 heteroatoms. The predicted molar refractivity (Wildman–Crippen MR) is 87.9 cm³/mol. The number of hydrogen-bond donors (Lipinski definition) is 4. The lowest BCUT2D eigenvalue weighted by molar-refractivity contribution is -0.591. The summed E-state index contributed by atoms with van der Waals surface area (Å²) in [5.41, 5.74) is -4.35. The Hall–Kier alpha value is -4.02. The number of fused-ring (bicyclic) bond motifs is 2. The van der Waals surface area contributed by atoms with Gasteiger partial charge >= 0.3 is 34.0 Å². The summed E-state index contributed by atoms with van der Waals surface area (Å²) in [6.45, 7) is 1.31. The molecule has 3 rings (SSSR count). The van der Waals surface area contributed by atoms with Gasteiger partial charge in [0, 0.05) is 6.07 Å². The van der Waals surface area contributed by atoms with E-state index >= 15 is 0 Å². The number of phenols is 2. The quantitative estimate of drug-likeness (QED) is 0.286. The first kappa shape index (κ1) is 17.8. The van der Waals surface area contributed by atoms with Crippen molar-refractivity contribution in [3.05, 3.63) is 39.2 Å². The Morgan fingerprint density at radius 1 is 0.889 bits per heavy atom. The monoisotopic (exact) mass is 376 g/mol. The van der Waals surface area contributed by atoms with Gasteiger partial charge in [-0.15, -0.1) is 9.46 Å². The van der Waals surface area contributed by atoms with Crippen molar-refractivity contribution in [3.8, 4) is 17.2 Å². The van der Waals surface area contributed by atoms with E-state index in [0.29, 0.717) is 0 Å². The zero-order chi connectivity index (χ0) is 20.2. The molecular formula is C16H12N2O9. The molecule has 0 aliphatic carbocycles. The van der Waals surface area contributed by atoms with Crippen LogP contribution in [0.4, 0.5) is 0 Å². The Labute approximate surface area is 149 Å². The van der Waals surface area contributed by atoms with Gasteiger partial charge in [0.1, 0.15) is 11.1 Å². The number of rotatable bonds is 3. The van der Waals surface area contributed by atoms with Gasteiger partial charge in [-0.05, 0) is 18.6 Å². The smallest absolute Gasteiger partial charge is 0.342 e. The van der Waals surface area contributed by atoms with Gasteiger partial charge in [0.15, 0.2) is 11.5 Å². The van der Waals surface area contributed by atoms with Gasteiger partial charge in [-0.3, -0.25) is 0 Å². The third-order valence-electron chi connectivity index (χ3n) is 4.14. The predicted octanol–water partition coefficient (Wildman–Crippen LogP) is 0.384. The standard InChI is InChI=1S/C16H12N2O9/c1-5-3-6(15(21)22)9-11(13(5)19)17(25)10-7(16(23)24)4-8(27-2)14(20)12(10)18(9)26/h3-4,19-20H,1-2H3,(H,21,22)(H,23,24). The maximum absolute atomic E-state index is 12.9. The zero-order valence-corrected chi connectivity index (χ0v) is 13.9. The molecular weight excluding hydrogens is 364 g/mol. The topological polar surface area (TPSA) is 178 Å². The zero-order valence-electron chi connectivity index (χ0n) is 13.9. The van der Waals surface area contributed by atoms with E-state index in [9.17, 15) is 40.4 Å². The van der Waals surface area contributed by atoms with Crippen LogP contribution in [0.15, 0.2) is 12.1 Å². The molecule has 4 N–H and O–H groups in total. The maximum atomic E-state index is 12.9. The average molecular weight is 376 g/mol. The van der Waals surface area contributed by atoms with Crippen LogP contribution in [0.1, 0.15) is 26.3 Å². The largest absolute Gasteiger partial charge is 0.617 e. The van der Waals surface area contributed by atoms with Crippen molar-refractivity contribution < 1.29 is 44.2 Å². The lowest BCUT2D eigenvalue weighted by Crippen LogP contribution is -2.41. The molecule has 11 nitrogen and oxygen atoms in total. The summed E-state index contributed by atoms with van der Waals surface area (Å²) in [6, 6.07) is 1.82. The van der Waals surface area contributed by atoms with Gasteiger partial charge in [-0.25, -0.2) is 9.59 Å². The van der Waals surface area contributed by atoms with E-state index in [1.54, 1.807) is 0 Å². The van der Waals surface area contributed by atoms with E-state index in [-0.39, 0.29) is 15.0 Å². The van der Waals surface area contributed by atoms with E-state index in [0.717, 1.165) is 19.2 Å². The van der Waals surface area contributed by atoms with Crippen LogP contribution in [0.2, 0.25) is 0 Å². The van der Waals surface area contributed by atoms with Crippen LogP contribution in [0, 0.1) is 17.3 Å². The minimum absolute atomic E-state index is 0.0153. The molecule has 0 atom stereocenters. The van der Waals surface area contributed by atoms with Crippen LogP contribution in [-0.4, -0.2) is 39.5 Å². The lowest BCUT2D eigenvalue weighted by atomic mass is 10.1. The molecule has 1 heterocycles. The molecule has 3 aromatic rings. The number of aromatic nitrogens is 2. The molecule has 0 saturated carbocycles. The van der Waals surface area contributed by atoms with Crippen LogP contribution in [0.25, 0.3) is 22.1 Å². The summed E-state index contributed by atoms with van der Waals surface area (Å²) < 4.78 is 4.64. The fourth-order valence-electron chi connectivity index (χ4n) is 2.91. The number of carboxylic acid groups (broad SMARTS) is 2. The molecule has 0 aliphatic rings. The minimum atomic E-state index is -1.60. The number of methoxy groups -OCH3 is 1. The highest BCUT2D eigenvalue weighted by Crippen LogP contribution is 2.36. The van der Waals surface area contributed by atoms with E-state index in [2.05, 4.69) is 0 Å². The van der Waals surface area contributed by atoms with Crippen LogP contribution >= 0.6 is 0 Å². The fraction of sp³-hybridized carbons (Fsp3) is 0.125. The number of carboxylic acids is 2. The van der Waals surface area contributed by atoms with Crippen LogP contribution in [0.5, 0.6) is 17.2 Å². The summed E-state index contributed by atoms with van der Waals surface area (Å²) in [4.78, 5) is 23.1. The van der Waals surface area contributed by atoms with Crippen molar-refractivity contribution in [3.63, 3.8) is 0 Å². The van der Waals surface area contributed by atoms with Gasteiger partial charge in [-0.1, -0.05) is 0 Å². The summed E-state index contributed by atoms with van der Waals surface area (Å²) in [7, 11) is 1.10. The molecule has 0 unspecified atom stereocenters. The lowest BCUT2D eigenvalue weighted by Gasteiger charge is -2.14. The van der Waals surface area contributed by atoms with E-state index in [4.69, 9.17) is 4.74 Å². The number of carbonyl (C=O) groups is 2. The minimum Gasteiger partial charge on any atom is -0.617 e. The normalized spacial score (nSPS) is 11.0. The van der Waals surface area contributed by atoms with E-state index in [1.807, 2.05) is 0 Å². The highest BCUT2D eigenvalue weighted by molar-refractivity contribution is 6.05. The molecule has 0 fully saturated rings. The number of phenolic OH excluding ortho intramolecular Hbond substituents is 2. The molecule has 0 bridgehead atoms. The maximum Gasteiger partial charge on any atom is 0.342 e. The van der Waals surface area contributed by atoms with Crippen LogP contribution < -0.4 is 14.2 Å². The summed E-state index contributed by atoms with van der Waals surface area (Å²) >= 11 is 0. The summed E-state index contributed by atoms with van der Waals surface area (Å²) in [5.74, 6) is -5.11. The number of nitrogens with zero attached hydrogens (tertiary/aromatic N) is 2. The molecule has 2 aromatic carbocycles. The first-order chi connectivity index (χ1) is 12.6. The number of hydrogen-bond acceptors (Lipinski definition) is 7. The molecule has 0 amide bonds. The average Bonchev–Trinajstić information content (AvgIpc) is 2.60. The first-order valence-corrected chi connectivity index (χ1v) is 7.33.